The number of nitrogens with one attached hydrogen (secondary N) is 2. The molecule has 1 amide bonds. The van der Waals surface area contributed by atoms with Gasteiger partial charge < -0.3 is 10.3 Å². The number of aromatic amines is 1. The highest BCUT2D eigenvalue weighted by Gasteiger charge is 2.06. The Morgan fingerprint density at radius 1 is 1.17 bits per heavy atom. The topological polar surface area (TPSA) is 57.8 Å². The van der Waals surface area contributed by atoms with Crippen molar-refractivity contribution < 1.29 is 4.79 Å². The Balaban J connectivity index is 1.45. The van der Waals surface area contributed by atoms with Crippen molar-refractivity contribution in [3.05, 3.63) is 64.9 Å². The van der Waals surface area contributed by atoms with Gasteiger partial charge in [-0.05, 0) is 23.8 Å². The highest BCUT2D eigenvalue weighted by atomic mass is 35.5. The van der Waals surface area contributed by atoms with Crippen LogP contribution in [0.5, 0.6) is 0 Å². The molecule has 6 heteroatoms. The molecular formula is C17H16ClN3OS. The number of benzene rings is 2. The van der Waals surface area contributed by atoms with Gasteiger partial charge in [-0.3, -0.25) is 4.79 Å². The van der Waals surface area contributed by atoms with Crippen molar-refractivity contribution in [2.75, 3.05) is 5.75 Å². The van der Waals surface area contributed by atoms with E-state index in [1.165, 1.54) is 0 Å². The number of carbonyl (C=O) groups excluding carboxylic acids is 1. The standard InChI is InChI=1S/C17H16ClN3OS/c18-13-6-2-1-5-12(13)10-23-11-17(22)19-9-16-20-14-7-3-4-8-15(14)21-16/h1-8H,9-11H2,(H,19,22)(H,20,21). The summed E-state index contributed by atoms with van der Waals surface area (Å²) in [5.41, 5.74) is 2.93. The van der Waals surface area contributed by atoms with Crippen molar-refractivity contribution in [3.8, 4) is 0 Å². The van der Waals surface area contributed by atoms with Crippen LogP contribution in [0.25, 0.3) is 11.0 Å². The van der Waals surface area contributed by atoms with Gasteiger partial charge >= 0.3 is 0 Å². The summed E-state index contributed by atoms with van der Waals surface area (Å²) >= 11 is 7.63. The number of imidazole rings is 1. The number of H-pyrrole nitrogens is 1. The normalized spacial score (nSPS) is 10.8. The maximum Gasteiger partial charge on any atom is 0.230 e. The van der Waals surface area contributed by atoms with Crippen LogP contribution in [0.4, 0.5) is 0 Å². The summed E-state index contributed by atoms with van der Waals surface area (Å²) in [7, 11) is 0. The van der Waals surface area contributed by atoms with E-state index < -0.39 is 0 Å². The number of fused-ring (bicyclic) bond motifs is 1. The minimum atomic E-state index is -0.0116. The fourth-order valence-corrected chi connectivity index (χ4v) is 3.33. The first-order chi connectivity index (χ1) is 11.2. The van der Waals surface area contributed by atoms with Crippen LogP contribution >= 0.6 is 23.4 Å². The zero-order valence-corrected chi connectivity index (χ0v) is 14.0. The molecule has 0 spiro atoms. The van der Waals surface area contributed by atoms with Crippen LogP contribution in [-0.2, 0) is 17.1 Å². The van der Waals surface area contributed by atoms with Crippen molar-refractivity contribution in [2.45, 2.75) is 12.3 Å². The largest absolute Gasteiger partial charge is 0.348 e. The molecule has 2 aromatic carbocycles. The third-order valence-electron chi connectivity index (χ3n) is 3.34. The van der Waals surface area contributed by atoms with Gasteiger partial charge in [0.05, 0.1) is 23.3 Å². The summed E-state index contributed by atoms with van der Waals surface area (Å²) in [6, 6.07) is 15.5. The number of nitrogens with zero attached hydrogens (tertiary/aromatic N) is 1. The SMILES string of the molecule is O=C(CSCc1ccccc1Cl)NCc1nc2ccccc2[nH]1. The highest BCUT2D eigenvalue weighted by molar-refractivity contribution is 7.99. The molecule has 0 bridgehead atoms. The molecule has 2 N–H and O–H groups in total. The van der Waals surface area contributed by atoms with E-state index in [0.717, 1.165) is 33.2 Å². The summed E-state index contributed by atoms with van der Waals surface area (Å²) in [5.74, 6) is 1.86. The van der Waals surface area contributed by atoms with E-state index >= 15 is 0 Å². The molecule has 0 aliphatic carbocycles. The van der Waals surface area contributed by atoms with E-state index in [2.05, 4.69) is 15.3 Å². The first-order valence-electron chi connectivity index (χ1n) is 7.24. The molecule has 0 fully saturated rings. The number of thioether (sulfide) groups is 1. The monoisotopic (exact) mass is 345 g/mol. The van der Waals surface area contributed by atoms with Crippen LogP contribution in [0.15, 0.2) is 48.5 Å². The van der Waals surface area contributed by atoms with Crippen molar-refractivity contribution in [2.24, 2.45) is 0 Å². The van der Waals surface area contributed by atoms with Gasteiger partial charge in [-0.25, -0.2) is 4.98 Å². The fraction of sp³-hybridized carbons (Fsp3) is 0.176. The molecule has 23 heavy (non-hydrogen) atoms. The number of rotatable bonds is 6. The van der Waals surface area contributed by atoms with Crippen molar-refractivity contribution in [1.29, 1.82) is 0 Å². The Morgan fingerprint density at radius 2 is 1.96 bits per heavy atom. The number of amides is 1. The number of carbonyl (C=O) groups is 1. The van der Waals surface area contributed by atoms with Crippen molar-refractivity contribution in [3.63, 3.8) is 0 Å². The number of hydrogen-bond acceptors (Lipinski definition) is 3. The molecule has 0 radical (unpaired) electrons. The third-order valence-corrected chi connectivity index (χ3v) is 4.69. The van der Waals surface area contributed by atoms with E-state index in [0.29, 0.717) is 12.3 Å². The summed E-state index contributed by atoms with van der Waals surface area (Å²) in [6.45, 7) is 0.403. The second-order valence-corrected chi connectivity index (χ2v) is 6.45. The van der Waals surface area contributed by atoms with Crippen LogP contribution in [-0.4, -0.2) is 21.6 Å². The van der Waals surface area contributed by atoms with Crippen LogP contribution in [0, 0.1) is 0 Å². The van der Waals surface area contributed by atoms with Gasteiger partial charge in [0.1, 0.15) is 5.82 Å². The van der Waals surface area contributed by atoms with Crippen LogP contribution < -0.4 is 5.32 Å². The van der Waals surface area contributed by atoms with E-state index in [-0.39, 0.29) is 5.91 Å². The van der Waals surface area contributed by atoms with Crippen LogP contribution in [0.1, 0.15) is 11.4 Å². The zero-order chi connectivity index (χ0) is 16.1. The molecule has 0 atom stereocenters. The Hall–Kier alpha value is -1.98. The Bertz CT molecular complexity index is 785. The lowest BCUT2D eigenvalue weighted by atomic mass is 10.2. The Kier molecular flexibility index (Phi) is 5.20. The van der Waals surface area contributed by atoms with E-state index in [4.69, 9.17) is 11.6 Å². The van der Waals surface area contributed by atoms with Gasteiger partial charge in [-0.1, -0.05) is 41.9 Å². The lowest BCUT2D eigenvalue weighted by Gasteiger charge is -2.05. The Morgan fingerprint density at radius 3 is 2.78 bits per heavy atom. The molecule has 0 aliphatic heterocycles. The predicted octanol–water partition coefficient (Wildman–Crippen LogP) is 3.77. The predicted molar refractivity (Wildman–Crippen MR) is 95.6 cm³/mol. The molecule has 1 aromatic heterocycles. The van der Waals surface area contributed by atoms with Crippen molar-refractivity contribution in [1.82, 2.24) is 15.3 Å². The molecule has 0 aliphatic rings. The molecule has 0 saturated carbocycles. The lowest BCUT2D eigenvalue weighted by molar-refractivity contribution is -0.118. The number of aromatic nitrogens is 2. The minimum Gasteiger partial charge on any atom is -0.348 e. The second-order valence-electron chi connectivity index (χ2n) is 5.06. The van der Waals surface area contributed by atoms with E-state index in [9.17, 15) is 4.79 Å². The molecule has 3 aromatic rings. The van der Waals surface area contributed by atoms with Gasteiger partial charge in [0.25, 0.3) is 0 Å². The molecule has 1 heterocycles. The third kappa shape index (κ3) is 4.27. The zero-order valence-electron chi connectivity index (χ0n) is 12.4. The summed E-state index contributed by atoms with van der Waals surface area (Å²) in [6.07, 6.45) is 0. The van der Waals surface area contributed by atoms with Gasteiger partial charge in [0.2, 0.25) is 5.91 Å². The van der Waals surface area contributed by atoms with Gasteiger partial charge in [0, 0.05) is 10.8 Å². The van der Waals surface area contributed by atoms with Crippen molar-refractivity contribution >= 4 is 40.3 Å². The lowest BCUT2D eigenvalue weighted by Crippen LogP contribution is -2.25. The first-order valence-corrected chi connectivity index (χ1v) is 8.77. The fourth-order valence-electron chi connectivity index (χ4n) is 2.19. The maximum atomic E-state index is 11.9. The second kappa shape index (κ2) is 7.53. The van der Waals surface area contributed by atoms with Gasteiger partial charge in [-0.2, -0.15) is 0 Å². The molecule has 4 nitrogen and oxygen atoms in total. The van der Waals surface area contributed by atoms with Crippen LogP contribution in [0.2, 0.25) is 5.02 Å². The quantitative estimate of drug-likeness (QED) is 0.715. The molecule has 3 rings (SSSR count). The smallest absolute Gasteiger partial charge is 0.230 e. The van der Waals surface area contributed by atoms with E-state index in [1.807, 2.05) is 48.5 Å². The number of halogens is 1. The number of hydrogen-bond donors (Lipinski definition) is 2. The summed E-state index contributed by atoms with van der Waals surface area (Å²) in [5, 5.41) is 3.61. The Labute approximate surface area is 143 Å². The summed E-state index contributed by atoms with van der Waals surface area (Å²) < 4.78 is 0. The van der Waals surface area contributed by atoms with E-state index in [1.54, 1.807) is 11.8 Å². The van der Waals surface area contributed by atoms with Crippen LogP contribution in [0.3, 0.4) is 0 Å². The highest BCUT2D eigenvalue weighted by Crippen LogP contribution is 2.20. The molecule has 0 saturated heterocycles. The van der Waals surface area contributed by atoms with Gasteiger partial charge in [0.15, 0.2) is 0 Å². The molecule has 118 valence electrons. The summed E-state index contributed by atoms with van der Waals surface area (Å²) in [4.78, 5) is 19.5. The molecule has 0 unspecified atom stereocenters. The average Bonchev–Trinajstić information content (AvgIpc) is 2.98. The average molecular weight is 346 g/mol. The van der Waals surface area contributed by atoms with Gasteiger partial charge in [-0.15, -0.1) is 11.8 Å². The first kappa shape index (κ1) is 15.9. The minimum absolute atomic E-state index is 0.0116. The maximum absolute atomic E-state index is 11.9. The molecular weight excluding hydrogens is 330 g/mol. The number of para-hydroxylation sites is 2.